The molecule has 0 aromatic heterocycles. The predicted molar refractivity (Wildman–Crippen MR) is 40.0 cm³/mol. The van der Waals surface area contributed by atoms with Gasteiger partial charge in [-0.1, -0.05) is 0 Å². The summed E-state index contributed by atoms with van der Waals surface area (Å²) in [5, 5.41) is 5.74. The van der Waals surface area contributed by atoms with E-state index in [9.17, 15) is 4.79 Å². The van der Waals surface area contributed by atoms with E-state index < -0.39 is 0 Å². The molecule has 3 heteroatoms. The Bertz CT molecular complexity index is 172. The first kappa shape index (κ1) is 7.25. The van der Waals surface area contributed by atoms with Crippen LogP contribution < -0.4 is 0 Å². The molecule has 0 N–H and O–H groups in total. The zero-order valence-electron chi connectivity index (χ0n) is 6.42. The van der Waals surface area contributed by atoms with Crippen molar-refractivity contribution in [2.24, 2.45) is 5.10 Å². The summed E-state index contributed by atoms with van der Waals surface area (Å²) in [6, 6.07) is 0. The lowest BCUT2D eigenvalue weighted by Gasteiger charge is -2.03. The molecule has 0 amide bonds. The summed E-state index contributed by atoms with van der Waals surface area (Å²) < 4.78 is 0. The van der Waals surface area contributed by atoms with Gasteiger partial charge in [0, 0.05) is 20.5 Å². The van der Waals surface area contributed by atoms with Crippen LogP contribution in [-0.4, -0.2) is 30.6 Å². The highest BCUT2D eigenvalue weighted by Gasteiger charge is 2.18. The van der Waals surface area contributed by atoms with Gasteiger partial charge in [-0.25, -0.2) is 0 Å². The van der Waals surface area contributed by atoms with E-state index in [1.807, 2.05) is 14.1 Å². The largest absolute Gasteiger partial charge is 0.303 e. The third kappa shape index (κ3) is 1.56. The Hall–Kier alpha value is -0.860. The van der Waals surface area contributed by atoms with Gasteiger partial charge < -0.3 is 5.01 Å². The quantitative estimate of drug-likeness (QED) is 0.501. The second kappa shape index (κ2) is 2.82. The zero-order valence-corrected chi connectivity index (χ0v) is 6.42. The summed E-state index contributed by atoms with van der Waals surface area (Å²) >= 11 is 0. The highest BCUT2D eigenvalue weighted by molar-refractivity contribution is 6.41. The number of nitrogens with zero attached hydrogens (tertiary/aromatic N) is 2. The van der Waals surface area contributed by atoms with Gasteiger partial charge in [0.15, 0.2) is 5.78 Å². The molecule has 0 aliphatic heterocycles. The van der Waals surface area contributed by atoms with Gasteiger partial charge in [0.25, 0.3) is 0 Å². The van der Waals surface area contributed by atoms with Crippen molar-refractivity contribution < 1.29 is 4.79 Å². The third-order valence-corrected chi connectivity index (χ3v) is 1.46. The molecule has 3 nitrogen and oxygen atoms in total. The number of hydrogen-bond donors (Lipinski definition) is 0. The average molecular weight is 140 g/mol. The summed E-state index contributed by atoms with van der Waals surface area (Å²) in [5.74, 6) is 0.216. The van der Waals surface area contributed by atoms with Crippen LogP contribution in [0.15, 0.2) is 5.10 Å². The van der Waals surface area contributed by atoms with Crippen LogP contribution in [0.2, 0.25) is 0 Å². The smallest absolute Gasteiger partial charge is 0.178 e. The van der Waals surface area contributed by atoms with E-state index in [1.54, 1.807) is 5.01 Å². The van der Waals surface area contributed by atoms with E-state index in [0.29, 0.717) is 6.42 Å². The van der Waals surface area contributed by atoms with Gasteiger partial charge in [-0.05, 0) is 12.8 Å². The first-order valence-electron chi connectivity index (χ1n) is 3.48. The monoisotopic (exact) mass is 140 g/mol. The minimum absolute atomic E-state index is 0.216. The topological polar surface area (TPSA) is 32.7 Å². The van der Waals surface area contributed by atoms with Crippen LogP contribution in [0.4, 0.5) is 0 Å². The lowest BCUT2D eigenvalue weighted by Crippen LogP contribution is -2.11. The van der Waals surface area contributed by atoms with Crippen molar-refractivity contribution in [3.8, 4) is 0 Å². The maximum Gasteiger partial charge on any atom is 0.178 e. The van der Waals surface area contributed by atoms with E-state index in [2.05, 4.69) is 5.10 Å². The molecule has 1 aliphatic rings. The fourth-order valence-corrected chi connectivity index (χ4v) is 1.05. The fraction of sp³-hybridized carbons (Fsp3) is 0.714. The number of ketones is 1. The first-order valence-corrected chi connectivity index (χ1v) is 3.48. The van der Waals surface area contributed by atoms with Crippen molar-refractivity contribution >= 4 is 11.5 Å². The lowest BCUT2D eigenvalue weighted by molar-refractivity contribution is -0.112. The Labute approximate surface area is 60.7 Å². The Balaban J connectivity index is 2.62. The van der Waals surface area contributed by atoms with Crippen LogP contribution in [-0.2, 0) is 4.79 Å². The number of rotatable bonds is 1. The standard InChI is InChI=1S/C7H12N2O/c1-9(2)8-6-4-3-5-7(6)10/h3-5H2,1-2H3/b8-6-. The predicted octanol–water partition coefficient (Wildman–Crippen LogP) is 0.657. The van der Waals surface area contributed by atoms with Gasteiger partial charge in [-0.3, -0.25) is 4.79 Å². The molecule has 0 saturated heterocycles. The van der Waals surface area contributed by atoms with Gasteiger partial charge in [-0.15, -0.1) is 0 Å². The lowest BCUT2D eigenvalue weighted by atomic mass is 10.3. The average Bonchev–Trinajstić information content (AvgIpc) is 2.15. The molecular formula is C7H12N2O. The van der Waals surface area contributed by atoms with Crippen LogP contribution in [0.3, 0.4) is 0 Å². The van der Waals surface area contributed by atoms with Gasteiger partial charge in [0.05, 0.1) is 0 Å². The van der Waals surface area contributed by atoms with E-state index in [-0.39, 0.29) is 5.78 Å². The van der Waals surface area contributed by atoms with Crippen molar-refractivity contribution in [2.75, 3.05) is 14.1 Å². The molecule has 0 atom stereocenters. The number of carbonyl (C=O) groups excluding carboxylic acids is 1. The number of Topliss-reactive ketones (excluding diaryl/α,β-unsaturated/α-hetero) is 1. The van der Waals surface area contributed by atoms with E-state index in [1.165, 1.54) is 0 Å². The van der Waals surface area contributed by atoms with Crippen molar-refractivity contribution in [3.05, 3.63) is 0 Å². The first-order chi connectivity index (χ1) is 4.70. The Morgan fingerprint density at radius 2 is 2.10 bits per heavy atom. The molecular weight excluding hydrogens is 128 g/mol. The van der Waals surface area contributed by atoms with Gasteiger partial charge in [-0.2, -0.15) is 5.10 Å². The van der Waals surface area contributed by atoms with Crippen LogP contribution >= 0.6 is 0 Å². The Morgan fingerprint density at radius 3 is 2.50 bits per heavy atom. The number of hydrazone groups is 1. The van der Waals surface area contributed by atoms with Crippen LogP contribution in [0, 0.1) is 0 Å². The van der Waals surface area contributed by atoms with Crippen LogP contribution in [0.5, 0.6) is 0 Å². The zero-order chi connectivity index (χ0) is 7.56. The molecule has 0 radical (unpaired) electrons. The van der Waals surface area contributed by atoms with Crippen LogP contribution in [0.25, 0.3) is 0 Å². The molecule has 0 spiro atoms. The summed E-state index contributed by atoms with van der Waals surface area (Å²) in [4.78, 5) is 11.0. The molecule has 1 saturated carbocycles. The molecule has 1 fully saturated rings. The second-order valence-electron chi connectivity index (χ2n) is 2.67. The molecule has 0 heterocycles. The number of hydrogen-bond acceptors (Lipinski definition) is 3. The Kier molecular flexibility index (Phi) is 2.04. The molecule has 0 unspecified atom stereocenters. The maximum absolute atomic E-state index is 11.0. The molecule has 10 heavy (non-hydrogen) atoms. The van der Waals surface area contributed by atoms with E-state index >= 15 is 0 Å². The molecule has 0 aromatic carbocycles. The highest BCUT2D eigenvalue weighted by Crippen LogP contribution is 2.11. The van der Waals surface area contributed by atoms with E-state index in [0.717, 1.165) is 18.6 Å². The molecule has 56 valence electrons. The van der Waals surface area contributed by atoms with Gasteiger partial charge in [0.1, 0.15) is 5.71 Å². The summed E-state index contributed by atoms with van der Waals surface area (Å²) in [6.45, 7) is 0. The van der Waals surface area contributed by atoms with Crippen molar-refractivity contribution in [2.45, 2.75) is 19.3 Å². The molecule has 1 rings (SSSR count). The summed E-state index contributed by atoms with van der Waals surface area (Å²) in [6.07, 6.45) is 2.52. The van der Waals surface area contributed by atoms with Crippen molar-refractivity contribution in [1.82, 2.24) is 5.01 Å². The van der Waals surface area contributed by atoms with Gasteiger partial charge in [0.2, 0.25) is 0 Å². The highest BCUT2D eigenvalue weighted by atomic mass is 16.1. The van der Waals surface area contributed by atoms with Crippen molar-refractivity contribution in [1.29, 1.82) is 0 Å². The van der Waals surface area contributed by atoms with Crippen molar-refractivity contribution in [3.63, 3.8) is 0 Å². The van der Waals surface area contributed by atoms with Gasteiger partial charge >= 0.3 is 0 Å². The SMILES string of the molecule is CN(C)/N=C1/CCCC1=O. The Morgan fingerprint density at radius 1 is 1.40 bits per heavy atom. The molecule has 1 aliphatic carbocycles. The van der Waals surface area contributed by atoms with E-state index in [4.69, 9.17) is 0 Å². The summed E-state index contributed by atoms with van der Waals surface area (Å²) in [7, 11) is 3.66. The minimum Gasteiger partial charge on any atom is -0.303 e. The minimum atomic E-state index is 0.216. The maximum atomic E-state index is 11.0. The molecule has 0 aromatic rings. The second-order valence-corrected chi connectivity index (χ2v) is 2.67. The number of carbonyl (C=O) groups is 1. The normalized spacial score (nSPS) is 22.2. The summed E-state index contributed by atoms with van der Waals surface area (Å²) in [5.41, 5.74) is 0.741. The molecule has 0 bridgehead atoms. The third-order valence-electron chi connectivity index (χ3n) is 1.46. The van der Waals surface area contributed by atoms with Crippen LogP contribution in [0.1, 0.15) is 19.3 Å². The fourth-order valence-electron chi connectivity index (χ4n) is 1.05.